The van der Waals surface area contributed by atoms with E-state index in [4.69, 9.17) is 5.73 Å². The SMILES string of the molecule is Cc1c(C(=O)O)c(C)n(C(C(O)C(N)=O)n2ccnn2)c1C=C1C(=O)Nc2ccc(Br)cc21. The van der Waals surface area contributed by atoms with Crippen molar-refractivity contribution in [3.05, 3.63) is 63.1 Å². The van der Waals surface area contributed by atoms with E-state index >= 15 is 0 Å². The van der Waals surface area contributed by atoms with Gasteiger partial charge in [0.25, 0.3) is 11.8 Å². The lowest BCUT2D eigenvalue weighted by atomic mass is 10.0. The van der Waals surface area contributed by atoms with E-state index in [1.54, 1.807) is 25.1 Å². The van der Waals surface area contributed by atoms with Gasteiger partial charge in [-0.1, -0.05) is 21.1 Å². The van der Waals surface area contributed by atoms with Crippen LogP contribution in [0.2, 0.25) is 0 Å². The number of aliphatic hydroxyl groups is 1. The number of hydrogen-bond acceptors (Lipinski definition) is 6. The third-order valence-corrected chi connectivity index (χ3v) is 6.05. The fourth-order valence-electron chi connectivity index (χ4n) is 4.06. The molecule has 0 fully saturated rings. The number of fused-ring (bicyclic) bond motifs is 1. The second-order valence-corrected chi connectivity index (χ2v) is 8.41. The molecule has 3 aromatic rings. The molecule has 170 valence electrons. The number of carboxylic acid groups (broad SMARTS) is 1. The van der Waals surface area contributed by atoms with Crippen molar-refractivity contribution in [3.8, 4) is 0 Å². The molecule has 1 aliphatic rings. The van der Waals surface area contributed by atoms with Crippen LogP contribution in [0.4, 0.5) is 5.69 Å². The number of amides is 2. The Labute approximate surface area is 195 Å². The molecule has 1 aromatic carbocycles. The molecule has 0 spiro atoms. The highest BCUT2D eigenvalue weighted by molar-refractivity contribution is 9.10. The van der Waals surface area contributed by atoms with Crippen LogP contribution in [0.3, 0.4) is 0 Å². The lowest BCUT2D eigenvalue weighted by molar-refractivity contribution is -0.129. The summed E-state index contributed by atoms with van der Waals surface area (Å²) in [6.45, 7) is 3.12. The van der Waals surface area contributed by atoms with E-state index < -0.39 is 24.1 Å². The molecule has 0 saturated heterocycles. The van der Waals surface area contributed by atoms with Gasteiger partial charge >= 0.3 is 5.97 Å². The maximum Gasteiger partial charge on any atom is 0.337 e. The number of nitrogens with two attached hydrogens (primary N) is 1. The number of carbonyl (C=O) groups excluding carboxylic acids is 2. The number of carbonyl (C=O) groups is 3. The average Bonchev–Trinajstić information content (AvgIpc) is 3.43. The van der Waals surface area contributed by atoms with Gasteiger partial charge in [0, 0.05) is 33.3 Å². The number of nitrogens with zero attached hydrogens (tertiary/aromatic N) is 4. The molecule has 2 aromatic heterocycles. The summed E-state index contributed by atoms with van der Waals surface area (Å²) in [6.07, 6.45) is 1.28. The molecule has 12 heteroatoms. The zero-order valence-corrected chi connectivity index (χ0v) is 19.1. The van der Waals surface area contributed by atoms with Gasteiger partial charge < -0.3 is 25.8 Å². The summed E-state index contributed by atoms with van der Waals surface area (Å²) in [5.41, 5.74) is 7.73. The van der Waals surface area contributed by atoms with Crippen molar-refractivity contribution in [2.45, 2.75) is 26.1 Å². The zero-order chi connectivity index (χ0) is 24.0. The fraction of sp³-hybridized carbons (Fsp3) is 0.190. The molecule has 0 radical (unpaired) electrons. The summed E-state index contributed by atoms with van der Waals surface area (Å²) in [7, 11) is 0. The zero-order valence-electron chi connectivity index (χ0n) is 17.5. The molecule has 2 atom stereocenters. The molecule has 0 saturated carbocycles. The highest BCUT2D eigenvalue weighted by Crippen LogP contribution is 2.37. The van der Waals surface area contributed by atoms with Crippen LogP contribution in [-0.2, 0) is 9.59 Å². The molecule has 2 amide bonds. The van der Waals surface area contributed by atoms with E-state index in [2.05, 4.69) is 31.6 Å². The summed E-state index contributed by atoms with van der Waals surface area (Å²) in [6, 6.07) is 5.29. The van der Waals surface area contributed by atoms with Crippen molar-refractivity contribution in [3.63, 3.8) is 0 Å². The Kier molecular flexibility index (Phi) is 5.64. The Morgan fingerprint density at radius 1 is 1.30 bits per heavy atom. The van der Waals surface area contributed by atoms with Crippen LogP contribution in [0.1, 0.15) is 39.0 Å². The third-order valence-electron chi connectivity index (χ3n) is 5.55. The van der Waals surface area contributed by atoms with E-state index in [0.717, 1.165) is 4.47 Å². The number of anilines is 1. The van der Waals surface area contributed by atoms with E-state index in [1.807, 2.05) is 0 Å². The van der Waals surface area contributed by atoms with E-state index in [0.29, 0.717) is 22.5 Å². The van der Waals surface area contributed by atoms with E-state index in [1.165, 1.54) is 34.6 Å². The first-order valence-corrected chi connectivity index (χ1v) is 10.5. The molecule has 5 N–H and O–H groups in total. The molecular weight excluding hydrogens is 496 g/mol. The highest BCUT2D eigenvalue weighted by Gasteiger charge is 2.35. The lowest BCUT2D eigenvalue weighted by Crippen LogP contribution is -2.41. The molecule has 1 aliphatic heterocycles. The van der Waals surface area contributed by atoms with Crippen LogP contribution in [0, 0.1) is 13.8 Å². The molecule has 4 rings (SSSR count). The average molecular weight is 515 g/mol. The van der Waals surface area contributed by atoms with Crippen molar-refractivity contribution < 1.29 is 24.6 Å². The van der Waals surface area contributed by atoms with Gasteiger partial charge in [-0.2, -0.15) is 0 Å². The van der Waals surface area contributed by atoms with Gasteiger partial charge in [0.2, 0.25) is 0 Å². The number of aromatic nitrogens is 4. The van der Waals surface area contributed by atoms with E-state index in [9.17, 15) is 24.6 Å². The Hall–Kier alpha value is -3.77. The Bertz CT molecular complexity index is 1330. The number of aliphatic hydroxyl groups excluding tert-OH is 1. The monoisotopic (exact) mass is 514 g/mol. The second-order valence-electron chi connectivity index (χ2n) is 7.49. The minimum Gasteiger partial charge on any atom is -0.478 e. The quantitative estimate of drug-likeness (QED) is 0.362. The predicted octanol–water partition coefficient (Wildman–Crippen LogP) is 1.54. The lowest BCUT2D eigenvalue weighted by Gasteiger charge is -2.26. The van der Waals surface area contributed by atoms with Crippen LogP contribution in [0.15, 0.2) is 35.1 Å². The molecule has 3 heterocycles. The fourth-order valence-corrected chi connectivity index (χ4v) is 4.43. The van der Waals surface area contributed by atoms with Gasteiger partial charge in [0.05, 0.1) is 17.3 Å². The Morgan fingerprint density at radius 2 is 2.03 bits per heavy atom. The highest BCUT2D eigenvalue weighted by atomic mass is 79.9. The Morgan fingerprint density at radius 3 is 2.64 bits per heavy atom. The first kappa shape index (κ1) is 22.4. The molecule has 0 bridgehead atoms. The molecule has 11 nitrogen and oxygen atoms in total. The minimum absolute atomic E-state index is 0.0310. The van der Waals surface area contributed by atoms with Gasteiger partial charge in [-0.15, -0.1) is 5.10 Å². The second kappa shape index (κ2) is 8.30. The number of hydrogen-bond donors (Lipinski definition) is 4. The number of nitrogens with one attached hydrogen (secondary N) is 1. The van der Waals surface area contributed by atoms with Gasteiger partial charge in [-0.05, 0) is 43.7 Å². The molecule has 33 heavy (non-hydrogen) atoms. The topological polar surface area (TPSA) is 165 Å². The third kappa shape index (κ3) is 3.72. The summed E-state index contributed by atoms with van der Waals surface area (Å²) in [5, 5.41) is 30.9. The van der Waals surface area contributed by atoms with Crippen LogP contribution in [0.5, 0.6) is 0 Å². The number of carboxylic acids is 1. The number of rotatable bonds is 6. The van der Waals surface area contributed by atoms with Crippen molar-refractivity contribution in [2.75, 3.05) is 5.32 Å². The number of aromatic carboxylic acids is 1. The molecule has 0 aliphatic carbocycles. The Balaban J connectivity index is 2.03. The first-order chi connectivity index (χ1) is 15.6. The number of primary amides is 1. The largest absolute Gasteiger partial charge is 0.478 e. The smallest absolute Gasteiger partial charge is 0.337 e. The van der Waals surface area contributed by atoms with E-state index in [-0.39, 0.29) is 22.7 Å². The molecular formula is C21H19BrN6O5. The van der Waals surface area contributed by atoms with Crippen molar-refractivity contribution in [1.29, 1.82) is 0 Å². The van der Waals surface area contributed by atoms with Crippen LogP contribution in [0.25, 0.3) is 11.6 Å². The van der Waals surface area contributed by atoms with Gasteiger partial charge in [-0.3, -0.25) is 9.59 Å². The summed E-state index contributed by atoms with van der Waals surface area (Å²) >= 11 is 3.39. The maximum absolute atomic E-state index is 12.8. The standard InChI is InChI=1S/C21H19BrN6O5/c1-9-15(8-13-12-7-11(22)3-4-14(12)25-19(13)31)28(10(2)16(9)21(32)33)20(17(29)18(23)30)27-6-5-24-26-27/h3-8,17,20,29H,1-2H3,(H2,23,30)(H,25,31)(H,32,33). The van der Waals surface area contributed by atoms with Gasteiger partial charge in [-0.25, -0.2) is 9.48 Å². The summed E-state index contributed by atoms with van der Waals surface area (Å²) < 4.78 is 3.39. The first-order valence-electron chi connectivity index (χ1n) is 9.72. The van der Waals surface area contributed by atoms with Crippen LogP contribution in [-0.4, -0.2) is 53.7 Å². The normalized spacial score (nSPS) is 15.9. The molecule has 2 unspecified atom stereocenters. The van der Waals surface area contributed by atoms with Crippen LogP contribution < -0.4 is 11.1 Å². The summed E-state index contributed by atoms with van der Waals surface area (Å²) in [4.78, 5) is 36.8. The predicted molar refractivity (Wildman–Crippen MR) is 121 cm³/mol. The van der Waals surface area contributed by atoms with Crippen LogP contribution >= 0.6 is 15.9 Å². The van der Waals surface area contributed by atoms with Crippen molar-refractivity contribution in [2.24, 2.45) is 5.73 Å². The van der Waals surface area contributed by atoms with Crippen molar-refractivity contribution in [1.82, 2.24) is 19.6 Å². The van der Waals surface area contributed by atoms with Crippen molar-refractivity contribution >= 4 is 51.1 Å². The maximum atomic E-state index is 12.8. The summed E-state index contributed by atoms with van der Waals surface area (Å²) in [5.74, 6) is -2.62. The number of benzene rings is 1. The van der Waals surface area contributed by atoms with Gasteiger partial charge in [0.15, 0.2) is 12.3 Å². The minimum atomic E-state index is -1.77. The van der Waals surface area contributed by atoms with Gasteiger partial charge in [0.1, 0.15) is 0 Å². The number of halogens is 1.